The maximum atomic E-state index is 12.8. The summed E-state index contributed by atoms with van der Waals surface area (Å²) in [6, 6.07) is 7.84. The molecule has 0 aliphatic rings. The molecule has 32 heavy (non-hydrogen) atoms. The molecule has 3 heterocycles. The molecule has 0 aliphatic carbocycles. The van der Waals surface area contributed by atoms with Gasteiger partial charge in [-0.3, -0.25) is 15.3 Å². The van der Waals surface area contributed by atoms with Gasteiger partial charge in [0, 0.05) is 28.9 Å². The number of carbonyl (C=O) groups is 1. The van der Waals surface area contributed by atoms with Gasteiger partial charge in [-0.2, -0.15) is 18.2 Å². The normalized spacial score (nSPS) is 11.4. The van der Waals surface area contributed by atoms with Crippen molar-refractivity contribution in [1.82, 2.24) is 20.1 Å². The summed E-state index contributed by atoms with van der Waals surface area (Å²) in [5.41, 5.74) is 1.45. The van der Waals surface area contributed by atoms with Crippen LogP contribution < -0.4 is 10.1 Å². The Bertz CT molecular complexity index is 1280. The third-order valence-electron chi connectivity index (χ3n) is 4.29. The topological polar surface area (TPSA) is 112 Å². The van der Waals surface area contributed by atoms with Crippen LogP contribution in [0.15, 0.2) is 53.4 Å². The molecule has 4 rings (SSSR count). The van der Waals surface area contributed by atoms with Gasteiger partial charge in [-0.05, 0) is 30.3 Å². The van der Waals surface area contributed by atoms with E-state index in [1.54, 1.807) is 18.2 Å². The molecule has 0 saturated heterocycles. The second-order valence-corrected chi connectivity index (χ2v) is 6.42. The summed E-state index contributed by atoms with van der Waals surface area (Å²) >= 11 is 0. The van der Waals surface area contributed by atoms with Crippen molar-refractivity contribution in [3.05, 3.63) is 60.4 Å². The molecule has 0 saturated carbocycles. The van der Waals surface area contributed by atoms with Gasteiger partial charge in [-0.15, -0.1) is 0 Å². The minimum absolute atomic E-state index is 0.0482. The predicted octanol–water partition coefficient (Wildman–Crippen LogP) is 4.46. The quantitative estimate of drug-likeness (QED) is 0.479. The number of hydrogen-bond acceptors (Lipinski definition) is 8. The zero-order valence-corrected chi connectivity index (χ0v) is 16.4. The number of nitrogens with one attached hydrogen (secondary N) is 1. The summed E-state index contributed by atoms with van der Waals surface area (Å²) < 4.78 is 52.9. The van der Waals surface area contributed by atoms with E-state index in [1.165, 1.54) is 37.8 Å². The molecule has 0 unspecified atom stereocenters. The van der Waals surface area contributed by atoms with E-state index in [-0.39, 0.29) is 23.5 Å². The standard InChI is InChI=1S/C20H14F3N5O4/c1-30-12-7-11(8-24-9-12)10-31-19(29)26-15-5-4-14(16-13(15)3-2-6-25-16)17-27-18(32-28-17)20(21,22)23/h2-9H,10H2,1H3,(H,26,29). The first kappa shape index (κ1) is 21.0. The molecule has 1 amide bonds. The van der Waals surface area contributed by atoms with E-state index in [0.29, 0.717) is 22.4 Å². The maximum Gasteiger partial charge on any atom is 0.471 e. The van der Waals surface area contributed by atoms with Crippen LogP contribution in [0.3, 0.4) is 0 Å². The Balaban J connectivity index is 1.56. The van der Waals surface area contributed by atoms with Gasteiger partial charge in [-0.25, -0.2) is 4.79 Å². The fourth-order valence-electron chi connectivity index (χ4n) is 2.86. The number of rotatable bonds is 5. The number of ether oxygens (including phenoxy) is 2. The van der Waals surface area contributed by atoms with Crippen molar-refractivity contribution < 1.29 is 32.0 Å². The molecule has 4 aromatic rings. The van der Waals surface area contributed by atoms with Crippen LogP contribution in [0.5, 0.6) is 5.75 Å². The number of hydrogen-bond donors (Lipinski definition) is 1. The first-order chi connectivity index (χ1) is 15.3. The van der Waals surface area contributed by atoms with Crippen LogP contribution >= 0.6 is 0 Å². The highest BCUT2D eigenvalue weighted by Crippen LogP contribution is 2.33. The lowest BCUT2D eigenvalue weighted by Gasteiger charge is -2.11. The van der Waals surface area contributed by atoms with Gasteiger partial charge in [0.1, 0.15) is 12.4 Å². The highest BCUT2D eigenvalue weighted by Gasteiger charge is 2.38. The lowest BCUT2D eigenvalue weighted by Crippen LogP contribution is -2.14. The van der Waals surface area contributed by atoms with Crippen molar-refractivity contribution in [2.75, 3.05) is 12.4 Å². The minimum Gasteiger partial charge on any atom is -0.495 e. The molecule has 0 bridgehead atoms. The van der Waals surface area contributed by atoms with E-state index in [0.717, 1.165) is 0 Å². The van der Waals surface area contributed by atoms with Crippen LogP contribution in [0.4, 0.5) is 23.7 Å². The molecule has 9 nitrogen and oxygen atoms in total. The largest absolute Gasteiger partial charge is 0.495 e. The second-order valence-electron chi connectivity index (χ2n) is 6.42. The summed E-state index contributed by atoms with van der Waals surface area (Å²) in [6.45, 7) is -0.0482. The van der Waals surface area contributed by atoms with E-state index in [2.05, 4.69) is 29.9 Å². The molecular weight excluding hydrogens is 431 g/mol. The highest BCUT2D eigenvalue weighted by atomic mass is 19.4. The first-order valence-corrected chi connectivity index (χ1v) is 9.06. The van der Waals surface area contributed by atoms with E-state index < -0.39 is 18.2 Å². The molecule has 1 N–H and O–H groups in total. The van der Waals surface area contributed by atoms with Crippen molar-refractivity contribution in [2.45, 2.75) is 12.8 Å². The molecule has 1 aromatic carbocycles. The second kappa shape index (κ2) is 8.49. The minimum atomic E-state index is -4.77. The fourth-order valence-corrected chi connectivity index (χ4v) is 2.86. The Hall–Kier alpha value is -4.22. The Morgan fingerprint density at radius 1 is 1.22 bits per heavy atom. The van der Waals surface area contributed by atoms with Gasteiger partial charge < -0.3 is 14.0 Å². The number of anilines is 1. The average Bonchev–Trinajstić information content (AvgIpc) is 3.29. The van der Waals surface area contributed by atoms with Crippen molar-refractivity contribution in [3.63, 3.8) is 0 Å². The molecular formula is C20H14F3N5O4. The van der Waals surface area contributed by atoms with Crippen LogP contribution in [-0.4, -0.2) is 33.3 Å². The van der Waals surface area contributed by atoms with Crippen LogP contribution in [0, 0.1) is 0 Å². The summed E-state index contributed by atoms with van der Waals surface area (Å²) in [6.07, 6.45) is -1.01. The van der Waals surface area contributed by atoms with Crippen molar-refractivity contribution >= 4 is 22.7 Å². The molecule has 0 spiro atoms. The van der Waals surface area contributed by atoms with E-state index in [9.17, 15) is 18.0 Å². The third kappa shape index (κ3) is 4.43. The van der Waals surface area contributed by atoms with Gasteiger partial charge in [0.25, 0.3) is 0 Å². The Morgan fingerprint density at radius 2 is 2.06 bits per heavy atom. The number of halogens is 3. The third-order valence-corrected chi connectivity index (χ3v) is 4.29. The number of methoxy groups -OCH3 is 1. The molecule has 12 heteroatoms. The molecule has 0 radical (unpaired) electrons. The summed E-state index contributed by atoms with van der Waals surface area (Å²) in [7, 11) is 1.50. The molecule has 0 atom stereocenters. The number of aromatic nitrogens is 4. The van der Waals surface area contributed by atoms with Crippen LogP contribution in [0.1, 0.15) is 11.5 Å². The smallest absolute Gasteiger partial charge is 0.471 e. The summed E-state index contributed by atoms with van der Waals surface area (Å²) in [4.78, 5) is 23.9. The Labute approximate surface area is 178 Å². The lowest BCUT2D eigenvalue weighted by molar-refractivity contribution is -0.159. The SMILES string of the molecule is COc1cncc(COC(=O)Nc2ccc(-c3noc(C(F)(F)F)n3)c3ncccc23)c1. The predicted molar refractivity (Wildman–Crippen MR) is 105 cm³/mol. The Morgan fingerprint density at radius 3 is 2.81 bits per heavy atom. The Kier molecular flexibility index (Phi) is 5.58. The molecule has 164 valence electrons. The highest BCUT2D eigenvalue weighted by molar-refractivity contribution is 6.03. The van der Waals surface area contributed by atoms with Gasteiger partial charge in [-0.1, -0.05) is 5.16 Å². The molecule has 3 aromatic heterocycles. The van der Waals surface area contributed by atoms with Gasteiger partial charge in [0.2, 0.25) is 5.82 Å². The average molecular weight is 445 g/mol. The summed E-state index contributed by atoms with van der Waals surface area (Å²) in [5.74, 6) is -1.22. The summed E-state index contributed by atoms with van der Waals surface area (Å²) in [5, 5.41) is 6.44. The molecule has 0 fully saturated rings. The number of fused-ring (bicyclic) bond motifs is 1. The number of carbonyl (C=O) groups excluding carboxylic acids is 1. The van der Waals surface area contributed by atoms with E-state index in [1.807, 2.05) is 0 Å². The van der Waals surface area contributed by atoms with Crippen molar-refractivity contribution in [3.8, 4) is 17.1 Å². The van der Waals surface area contributed by atoms with E-state index in [4.69, 9.17) is 9.47 Å². The van der Waals surface area contributed by atoms with Gasteiger partial charge in [0.05, 0.1) is 24.5 Å². The van der Waals surface area contributed by atoms with Crippen LogP contribution in [-0.2, 0) is 17.5 Å². The van der Waals surface area contributed by atoms with Crippen LogP contribution in [0.2, 0.25) is 0 Å². The monoisotopic (exact) mass is 445 g/mol. The number of amides is 1. The van der Waals surface area contributed by atoms with Crippen molar-refractivity contribution in [1.29, 1.82) is 0 Å². The maximum absolute atomic E-state index is 12.8. The first-order valence-electron chi connectivity index (χ1n) is 9.06. The van der Waals surface area contributed by atoms with Crippen molar-refractivity contribution in [2.24, 2.45) is 0 Å². The zero-order valence-electron chi connectivity index (χ0n) is 16.4. The number of pyridine rings is 2. The number of benzene rings is 1. The van der Waals surface area contributed by atoms with Gasteiger partial charge in [0.15, 0.2) is 0 Å². The fraction of sp³-hybridized carbons (Fsp3) is 0.150. The van der Waals surface area contributed by atoms with Gasteiger partial charge >= 0.3 is 18.2 Å². The van der Waals surface area contributed by atoms with Crippen LogP contribution in [0.25, 0.3) is 22.3 Å². The zero-order chi connectivity index (χ0) is 22.7. The lowest BCUT2D eigenvalue weighted by atomic mass is 10.1. The van der Waals surface area contributed by atoms with E-state index >= 15 is 0 Å². The number of nitrogens with zero attached hydrogens (tertiary/aromatic N) is 4. The molecule has 0 aliphatic heterocycles. The number of alkyl halides is 3.